The second kappa shape index (κ2) is 11.9. The molecular formula is C14H22Cl2O6. The first-order chi connectivity index (χ1) is 10.7. The minimum Gasteiger partial charge on any atom is -0.462 e. The molecule has 22 heavy (non-hydrogen) atoms. The third-order valence-corrected chi connectivity index (χ3v) is 3.68. The zero-order chi connectivity index (χ0) is 16.2. The molecule has 0 heterocycles. The number of halogens is 2. The first kappa shape index (κ1) is 19.5. The third-order valence-electron chi connectivity index (χ3n) is 3.24. The fraction of sp³-hybridized carbons (Fsp3) is 0.857. The Morgan fingerprint density at radius 1 is 0.727 bits per heavy atom. The van der Waals surface area contributed by atoms with Crippen molar-refractivity contribution >= 4 is 35.1 Å². The van der Waals surface area contributed by atoms with Gasteiger partial charge in [0, 0.05) is 0 Å². The van der Waals surface area contributed by atoms with Crippen LogP contribution in [0.15, 0.2) is 0 Å². The Bertz CT molecular complexity index is 299. The summed E-state index contributed by atoms with van der Waals surface area (Å²) >= 11 is 10.6. The SMILES string of the molecule is O=C(CCl)OCCOC1CCC(OCCOC(=O)CCl)CC1. The summed E-state index contributed by atoms with van der Waals surface area (Å²) in [5, 5.41) is 0. The van der Waals surface area contributed by atoms with E-state index in [1.807, 2.05) is 0 Å². The summed E-state index contributed by atoms with van der Waals surface area (Å²) in [6.07, 6.45) is 3.93. The number of carbonyl (C=O) groups excluding carboxylic acids is 2. The molecule has 128 valence electrons. The van der Waals surface area contributed by atoms with Crippen molar-refractivity contribution < 1.29 is 28.5 Å². The van der Waals surface area contributed by atoms with Crippen LogP contribution in [0.5, 0.6) is 0 Å². The molecule has 0 N–H and O–H groups in total. The molecule has 0 aromatic rings. The molecule has 0 bridgehead atoms. The largest absolute Gasteiger partial charge is 0.462 e. The van der Waals surface area contributed by atoms with Gasteiger partial charge in [0.15, 0.2) is 0 Å². The van der Waals surface area contributed by atoms with Gasteiger partial charge in [0.2, 0.25) is 0 Å². The number of rotatable bonds is 10. The van der Waals surface area contributed by atoms with Crippen molar-refractivity contribution in [2.75, 3.05) is 38.2 Å². The van der Waals surface area contributed by atoms with Gasteiger partial charge in [-0.15, -0.1) is 23.2 Å². The van der Waals surface area contributed by atoms with Crippen LogP contribution >= 0.6 is 23.2 Å². The highest BCUT2D eigenvalue weighted by molar-refractivity contribution is 6.26. The molecule has 0 unspecified atom stereocenters. The molecule has 6 nitrogen and oxygen atoms in total. The van der Waals surface area contributed by atoms with Crippen LogP contribution in [0.25, 0.3) is 0 Å². The van der Waals surface area contributed by atoms with Gasteiger partial charge in [-0.1, -0.05) is 0 Å². The second-order valence-electron chi connectivity index (χ2n) is 4.85. The number of carbonyl (C=O) groups is 2. The maximum absolute atomic E-state index is 10.8. The van der Waals surface area contributed by atoms with Crippen LogP contribution in [-0.2, 0) is 28.5 Å². The van der Waals surface area contributed by atoms with Gasteiger partial charge in [-0.3, -0.25) is 9.59 Å². The first-order valence-corrected chi connectivity index (χ1v) is 8.39. The average Bonchev–Trinajstić information content (AvgIpc) is 2.56. The molecule has 1 aliphatic rings. The van der Waals surface area contributed by atoms with Crippen molar-refractivity contribution in [3.63, 3.8) is 0 Å². The molecule has 0 saturated heterocycles. The molecule has 0 amide bonds. The summed E-state index contributed by atoms with van der Waals surface area (Å²) in [4.78, 5) is 21.7. The zero-order valence-electron chi connectivity index (χ0n) is 12.4. The highest BCUT2D eigenvalue weighted by atomic mass is 35.5. The van der Waals surface area contributed by atoms with Crippen molar-refractivity contribution in [2.45, 2.75) is 37.9 Å². The van der Waals surface area contributed by atoms with Gasteiger partial charge in [-0.05, 0) is 25.7 Å². The van der Waals surface area contributed by atoms with E-state index in [9.17, 15) is 9.59 Å². The van der Waals surface area contributed by atoms with E-state index in [4.69, 9.17) is 42.1 Å². The lowest BCUT2D eigenvalue weighted by molar-refractivity contribution is -0.145. The Kier molecular flexibility index (Phi) is 10.6. The maximum Gasteiger partial charge on any atom is 0.320 e. The smallest absolute Gasteiger partial charge is 0.320 e. The highest BCUT2D eigenvalue weighted by Gasteiger charge is 2.22. The van der Waals surface area contributed by atoms with Gasteiger partial charge in [-0.2, -0.15) is 0 Å². The van der Waals surface area contributed by atoms with Crippen LogP contribution in [0.4, 0.5) is 0 Å². The first-order valence-electron chi connectivity index (χ1n) is 7.32. The zero-order valence-corrected chi connectivity index (χ0v) is 13.9. The standard InChI is InChI=1S/C14H22Cl2O6/c15-9-13(17)21-7-5-19-11-1-2-12(4-3-11)20-6-8-22-14(18)10-16/h11-12H,1-10H2. The average molecular weight is 357 g/mol. The van der Waals surface area contributed by atoms with E-state index in [0.717, 1.165) is 25.7 Å². The molecule has 0 aliphatic heterocycles. The lowest BCUT2D eigenvalue weighted by Crippen LogP contribution is -2.28. The minimum atomic E-state index is -0.433. The molecular weight excluding hydrogens is 335 g/mol. The Morgan fingerprint density at radius 3 is 1.41 bits per heavy atom. The van der Waals surface area contributed by atoms with Gasteiger partial charge in [-0.25, -0.2) is 0 Å². The topological polar surface area (TPSA) is 71.1 Å². The lowest BCUT2D eigenvalue weighted by Gasteiger charge is -2.28. The molecule has 0 radical (unpaired) electrons. The summed E-state index contributed by atoms with van der Waals surface area (Å²) in [5.41, 5.74) is 0. The lowest BCUT2D eigenvalue weighted by atomic mass is 9.95. The van der Waals surface area contributed by atoms with Crippen LogP contribution in [-0.4, -0.2) is 62.3 Å². The number of hydrogen-bond acceptors (Lipinski definition) is 6. The molecule has 1 aliphatic carbocycles. The van der Waals surface area contributed by atoms with E-state index in [0.29, 0.717) is 13.2 Å². The Hall–Kier alpha value is -0.560. The summed E-state index contributed by atoms with van der Waals surface area (Å²) in [7, 11) is 0. The highest BCUT2D eigenvalue weighted by Crippen LogP contribution is 2.23. The fourth-order valence-electron chi connectivity index (χ4n) is 2.18. The second-order valence-corrected chi connectivity index (χ2v) is 5.38. The molecule has 1 fully saturated rings. The molecule has 1 saturated carbocycles. The Balaban J connectivity index is 1.99. The van der Waals surface area contributed by atoms with Crippen LogP contribution in [0.2, 0.25) is 0 Å². The van der Waals surface area contributed by atoms with Gasteiger partial charge in [0.05, 0.1) is 25.4 Å². The molecule has 0 atom stereocenters. The summed E-state index contributed by atoms with van der Waals surface area (Å²) < 4.78 is 20.9. The van der Waals surface area contributed by atoms with Crippen LogP contribution in [0, 0.1) is 0 Å². The Morgan fingerprint density at radius 2 is 1.09 bits per heavy atom. The van der Waals surface area contributed by atoms with Gasteiger partial charge < -0.3 is 18.9 Å². The predicted octanol–water partition coefficient (Wildman–Crippen LogP) is 1.89. The van der Waals surface area contributed by atoms with Crippen molar-refractivity contribution in [3.8, 4) is 0 Å². The van der Waals surface area contributed by atoms with Gasteiger partial charge in [0.25, 0.3) is 0 Å². The summed E-state index contributed by atoms with van der Waals surface area (Å²) in [5.74, 6) is -1.14. The third kappa shape index (κ3) is 8.78. The number of ether oxygens (including phenoxy) is 4. The van der Waals surface area contributed by atoms with E-state index in [-0.39, 0.29) is 37.2 Å². The molecule has 0 spiro atoms. The predicted molar refractivity (Wildman–Crippen MR) is 81.3 cm³/mol. The van der Waals surface area contributed by atoms with E-state index < -0.39 is 11.9 Å². The summed E-state index contributed by atoms with van der Waals surface area (Å²) in [6.45, 7) is 1.22. The van der Waals surface area contributed by atoms with Crippen molar-refractivity contribution in [1.29, 1.82) is 0 Å². The van der Waals surface area contributed by atoms with Gasteiger partial charge >= 0.3 is 11.9 Å². The van der Waals surface area contributed by atoms with Gasteiger partial charge in [0.1, 0.15) is 25.0 Å². The van der Waals surface area contributed by atoms with E-state index in [2.05, 4.69) is 0 Å². The van der Waals surface area contributed by atoms with Crippen LogP contribution in [0.3, 0.4) is 0 Å². The van der Waals surface area contributed by atoms with E-state index in [1.165, 1.54) is 0 Å². The molecule has 0 aromatic carbocycles. The van der Waals surface area contributed by atoms with E-state index in [1.54, 1.807) is 0 Å². The summed E-state index contributed by atoms with van der Waals surface area (Å²) in [6, 6.07) is 0. The fourth-order valence-corrected chi connectivity index (χ4v) is 2.34. The van der Waals surface area contributed by atoms with E-state index >= 15 is 0 Å². The molecule has 1 rings (SSSR count). The van der Waals surface area contributed by atoms with Crippen LogP contribution in [0.1, 0.15) is 25.7 Å². The number of esters is 2. The quantitative estimate of drug-likeness (QED) is 0.338. The minimum absolute atomic E-state index is 0.136. The van der Waals surface area contributed by atoms with Crippen molar-refractivity contribution in [2.24, 2.45) is 0 Å². The maximum atomic E-state index is 10.8. The van der Waals surface area contributed by atoms with Crippen LogP contribution < -0.4 is 0 Å². The number of hydrogen-bond donors (Lipinski definition) is 0. The van der Waals surface area contributed by atoms with Crippen molar-refractivity contribution in [1.82, 2.24) is 0 Å². The normalized spacial score (nSPS) is 21.4. The monoisotopic (exact) mass is 356 g/mol. The molecule has 0 aromatic heterocycles. The number of alkyl halides is 2. The molecule has 8 heteroatoms. The Labute approximate surface area is 140 Å². The van der Waals surface area contributed by atoms with Crippen molar-refractivity contribution in [3.05, 3.63) is 0 Å².